The minimum atomic E-state index is -0.297. The Kier molecular flexibility index (Phi) is 5.41. The van der Waals surface area contributed by atoms with Gasteiger partial charge in [-0.3, -0.25) is 4.79 Å². The molecule has 2 aliphatic carbocycles. The molecule has 0 spiro atoms. The first-order valence-corrected chi connectivity index (χ1v) is 9.06. The van der Waals surface area contributed by atoms with Gasteiger partial charge >= 0.3 is 6.03 Å². The van der Waals surface area contributed by atoms with E-state index in [4.69, 9.17) is 4.74 Å². The summed E-state index contributed by atoms with van der Waals surface area (Å²) in [5.41, 5.74) is 0. The molecule has 130 valence electrons. The van der Waals surface area contributed by atoms with Crippen LogP contribution in [0.1, 0.15) is 51.4 Å². The standard InChI is InChI=1S/C17H29N3O3/c1-23-10-9-18-16(21)15-12-7-8-14(11-12)20(15)17(22)19-13-5-3-2-4-6-13/h12-15H,2-11H2,1H3,(H,18,21)(H,19,22). The fourth-order valence-electron chi connectivity index (χ4n) is 4.49. The fraction of sp³-hybridized carbons (Fsp3) is 0.882. The van der Waals surface area contributed by atoms with Crippen molar-refractivity contribution in [1.29, 1.82) is 0 Å². The van der Waals surface area contributed by atoms with E-state index in [-0.39, 0.29) is 30.1 Å². The van der Waals surface area contributed by atoms with Gasteiger partial charge < -0.3 is 20.3 Å². The Balaban J connectivity index is 1.60. The van der Waals surface area contributed by atoms with Crippen molar-refractivity contribution in [3.05, 3.63) is 0 Å². The number of hydrogen-bond acceptors (Lipinski definition) is 3. The highest BCUT2D eigenvalue weighted by Crippen LogP contribution is 2.42. The van der Waals surface area contributed by atoms with Gasteiger partial charge in [-0.2, -0.15) is 0 Å². The fourth-order valence-corrected chi connectivity index (χ4v) is 4.49. The van der Waals surface area contributed by atoms with Crippen LogP contribution in [0.15, 0.2) is 0 Å². The van der Waals surface area contributed by atoms with Gasteiger partial charge in [0, 0.05) is 25.7 Å². The smallest absolute Gasteiger partial charge is 0.318 e. The van der Waals surface area contributed by atoms with Gasteiger partial charge in [0.2, 0.25) is 5.91 Å². The second-order valence-electron chi connectivity index (χ2n) is 7.15. The second kappa shape index (κ2) is 7.51. The molecule has 1 heterocycles. The van der Waals surface area contributed by atoms with Crippen LogP contribution >= 0.6 is 0 Å². The number of nitrogens with zero attached hydrogens (tertiary/aromatic N) is 1. The molecular weight excluding hydrogens is 294 g/mol. The number of urea groups is 1. The molecule has 0 aromatic carbocycles. The van der Waals surface area contributed by atoms with E-state index in [9.17, 15) is 9.59 Å². The average molecular weight is 323 g/mol. The van der Waals surface area contributed by atoms with Crippen LogP contribution in [0.3, 0.4) is 0 Å². The molecule has 3 amide bonds. The monoisotopic (exact) mass is 323 g/mol. The summed E-state index contributed by atoms with van der Waals surface area (Å²) in [6.45, 7) is 1.00. The number of hydrogen-bond donors (Lipinski definition) is 2. The van der Waals surface area contributed by atoms with Crippen LogP contribution in [0, 0.1) is 5.92 Å². The highest BCUT2D eigenvalue weighted by atomic mass is 16.5. The van der Waals surface area contributed by atoms with E-state index in [0.717, 1.165) is 32.1 Å². The van der Waals surface area contributed by atoms with Crippen LogP contribution in [0.4, 0.5) is 4.79 Å². The summed E-state index contributed by atoms with van der Waals surface area (Å²) in [6.07, 6.45) is 8.85. The lowest BCUT2D eigenvalue weighted by atomic mass is 9.95. The molecule has 3 fully saturated rings. The van der Waals surface area contributed by atoms with E-state index >= 15 is 0 Å². The minimum absolute atomic E-state index is 0.0203. The van der Waals surface area contributed by atoms with Crippen LogP contribution in [-0.2, 0) is 9.53 Å². The number of carbonyl (C=O) groups excluding carboxylic acids is 2. The number of methoxy groups -OCH3 is 1. The minimum Gasteiger partial charge on any atom is -0.383 e. The molecule has 23 heavy (non-hydrogen) atoms. The Morgan fingerprint density at radius 2 is 1.91 bits per heavy atom. The van der Waals surface area contributed by atoms with E-state index in [1.807, 2.05) is 4.90 Å². The number of nitrogens with one attached hydrogen (secondary N) is 2. The zero-order valence-corrected chi connectivity index (χ0v) is 14.1. The summed E-state index contributed by atoms with van der Waals surface area (Å²) in [4.78, 5) is 27.1. The Morgan fingerprint density at radius 1 is 1.13 bits per heavy atom. The zero-order chi connectivity index (χ0) is 16.2. The first-order valence-electron chi connectivity index (χ1n) is 9.06. The molecule has 0 aromatic rings. The van der Waals surface area contributed by atoms with Gasteiger partial charge in [0.15, 0.2) is 0 Å². The molecule has 0 aromatic heterocycles. The Morgan fingerprint density at radius 3 is 2.65 bits per heavy atom. The van der Waals surface area contributed by atoms with Gasteiger partial charge in [0.05, 0.1) is 6.61 Å². The summed E-state index contributed by atoms with van der Waals surface area (Å²) in [6, 6.07) is 0.194. The number of ether oxygens (including phenoxy) is 1. The van der Waals surface area contributed by atoms with Crippen molar-refractivity contribution in [2.45, 2.75) is 69.5 Å². The maximum atomic E-state index is 12.8. The van der Waals surface area contributed by atoms with Crippen molar-refractivity contribution in [3.63, 3.8) is 0 Å². The molecule has 1 saturated heterocycles. The lowest BCUT2D eigenvalue weighted by Crippen LogP contribution is -2.57. The molecule has 2 saturated carbocycles. The van der Waals surface area contributed by atoms with Crippen LogP contribution in [0.2, 0.25) is 0 Å². The normalized spacial score (nSPS) is 30.5. The number of fused-ring (bicyclic) bond motifs is 2. The van der Waals surface area contributed by atoms with E-state index in [1.54, 1.807) is 7.11 Å². The maximum Gasteiger partial charge on any atom is 0.318 e. The van der Waals surface area contributed by atoms with E-state index in [0.29, 0.717) is 19.1 Å². The molecule has 3 unspecified atom stereocenters. The predicted molar refractivity (Wildman–Crippen MR) is 87.0 cm³/mol. The third-order valence-electron chi connectivity index (χ3n) is 5.63. The SMILES string of the molecule is COCCNC(=O)C1C2CCC(C2)N1C(=O)NC1CCCCC1. The van der Waals surface area contributed by atoms with Crippen molar-refractivity contribution in [3.8, 4) is 0 Å². The topological polar surface area (TPSA) is 70.7 Å². The van der Waals surface area contributed by atoms with Gasteiger partial charge in [-0.15, -0.1) is 0 Å². The first kappa shape index (κ1) is 16.6. The third-order valence-corrected chi connectivity index (χ3v) is 5.63. The van der Waals surface area contributed by atoms with E-state index in [2.05, 4.69) is 10.6 Å². The van der Waals surface area contributed by atoms with Crippen molar-refractivity contribution >= 4 is 11.9 Å². The number of piperidine rings is 1. The van der Waals surface area contributed by atoms with Gasteiger partial charge in [-0.1, -0.05) is 19.3 Å². The summed E-state index contributed by atoms with van der Waals surface area (Å²) in [7, 11) is 1.62. The number of likely N-dealkylation sites (tertiary alicyclic amines) is 1. The van der Waals surface area contributed by atoms with Gasteiger partial charge in [0.1, 0.15) is 6.04 Å². The highest BCUT2D eigenvalue weighted by Gasteiger charge is 2.51. The van der Waals surface area contributed by atoms with Crippen molar-refractivity contribution < 1.29 is 14.3 Å². The summed E-state index contributed by atoms with van der Waals surface area (Å²) in [5, 5.41) is 6.09. The van der Waals surface area contributed by atoms with Crippen LogP contribution < -0.4 is 10.6 Å². The Labute approximate surface area is 138 Å². The molecule has 6 nitrogen and oxygen atoms in total. The highest BCUT2D eigenvalue weighted by molar-refractivity contribution is 5.88. The third kappa shape index (κ3) is 3.62. The lowest BCUT2D eigenvalue weighted by molar-refractivity contribution is -0.127. The van der Waals surface area contributed by atoms with Crippen molar-refractivity contribution in [2.75, 3.05) is 20.3 Å². The molecule has 3 aliphatic rings. The molecule has 1 aliphatic heterocycles. The largest absolute Gasteiger partial charge is 0.383 e. The lowest BCUT2D eigenvalue weighted by Gasteiger charge is -2.36. The Hall–Kier alpha value is -1.30. The van der Waals surface area contributed by atoms with E-state index in [1.165, 1.54) is 19.3 Å². The van der Waals surface area contributed by atoms with Crippen LogP contribution in [0.25, 0.3) is 0 Å². The molecule has 6 heteroatoms. The van der Waals surface area contributed by atoms with Gasteiger partial charge in [0.25, 0.3) is 0 Å². The quantitative estimate of drug-likeness (QED) is 0.756. The predicted octanol–water partition coefficient (Wildman–Crippen LogP) is 1.64. The maximum absolute atomic E-state index is 12.8. The zero-order valence-electron chi connectivity index (χ0n) is 14.1. The van der Waals surface area contributed by atoms with Crippen molar-refractivity contribution in [2.24, 2.45) is 5.92 Å². The van der Waals surface area contributed by atoms with Gasteiger partial charge in [-0.25, -0.2) is 4.79 Å². The van der Waals surface area contributed by atoms with E-state index < -0.39 is 0 Å². The average Bonchev–Trinajstić information content (AvgIpc) is 3.17. The molecule has 3 atom stereocenters. The second-order valence-corrected chi connectivity index (χ2v) is 7.15. The molecule has 2 bridgehead atoms. The summed E-state index contributed by atoms with van der Waals surface area (Å²) in [5.74, 6) is 0.299. The molecule has 2 N–H and O–H groups in total. The number of amides is 3. The van der Waals surface area contributed by atoms with Crippen LogP contribution in [0.5, 0.6) is 0 Å². The summed E-state index contributed by atoms with van der Waals surface area (Å²) >= 11 is 0. The number of rotatable bonds is 5. The van der Waals surface area contributed by atoms with Crippen molar-refractivity contribution in [1.82, 2.24) is 15.5 Å². The number of carbonyl (C=O) groups is 2. The van der Waals surface area contributed by atoms with Crippen LogP contribution in [-0.4, -0.2) is 55.2 Å². The summed E-state index contributed by atoms with van der Waals surface area (Å²) < 4.78 is 4.98. The van der Waals surface area contributed by atoms with Gasteiger partial charge in [-0.05, 0) is 38.0 Å². The Bertz CT molecular complexity index is 437. The molecule has 3 rings (SSSR count). The molecule has 0 radical (unpaired) electrons. The molecular formula is C17H29N3O3. The first-order chi connectivity index (χ1) is 11.2.